The Kier molecular flexibility index (Phi) is 4.12. The molecule has 1 N–H and O–H groups in total. The van der Waals surface area contributed by atoms with Crippen molar-refractivity contribution >= 4 is 0 Å². The van der Waals surface area contributed by atoms with E-state index in [1.165, 1.54) is 33.6 Å². The van der Waals surface area contributed by atoms with Crippen molar-refractivity contribution in [1.82, 2.24) is 4.98 Å². The standard InChI is InChI=1S/C18H27NO/c1-10(2)17-13(5)16(19-14(17)6)8-11(3)18-12(4)9-20-15(18)7/h9-11,19H,8H2,1-7H3. The SMILES string of the molecule is Cc1coc(C)c1C(C)Cc1[nH]c(C)c(C(C)C)c1C. The number of rotatable bonds is 4. The second-order valence-electron chi connectivity index (χ2n) is 6.42. The van der Waals surface area contributed by atoms with Gasteiger partial charge in [0.1, 0.15) is 5.76 Å². The highest BCUT2D eigenvalue weighted by Gasteiger charge is 2.19. The lowest BCUT2D eigenvalue weighted by atomic mass is 9.91. The van der Waals surface area contributed by atoms with Gasteiger partial charge in [-0.1, -0.05) is 20.8 Å². The minimum Gasteiger partial charge on any atom is -0.469 e. The molecule has 2 nitrogen and oxygen atoms in total. The average Bonchev–Trinajstić information content (AvgIpc) is 2.80. The van der Waals surface area contributed by atoms with Gasteiger partial charge in [0.2, 0.25) is 0 Å². The van der Waals surface area contributed by atoms with Crippen LogP contribution in [0.5, 0.6) is 0 Å². The van der Waals surface area contributed by atoms with Gasteiger partial charge in [-0.2, -0.15) is 0 Å². The topological polar surface area (TPSA) is 28.9 Å². The van der Waals surface area contributed by atoms with Crippen LogP contribution in [0.15, 0.2) is 10.7 Å². The Morgan fingerprint density at radius 3 is 2.15 bits per heavy atom. The van der Waals surface area contributed by atoms with Crippen molar-refractivity contribution in [3.8, 4) is 0 Å². The Morgan fingerprint density at radius 1 is 1.05 bits per heavy atom. The fourth-order valence-corrected chi connectivity index (χ4v) is 3.63. The highest BCUT2D eigenvalue weighted by molar-refractivity contribution is 5.39. The molecular formula is C18H27NO. The molecule has 0 aliphatic rings. The van der Waals surface area contributed by atoms with Gasteiger partial charge >= 0.3 is 0 Å². The lowest BCUT2D eigenvalue weighted by molar-refractivity contribution is 0.524. The van der Waals surface area contributed by atoms with Gasteiger partial charge in [0.15, 0.2) is 0 Å². The van der Waals surface area contributed by atoms with Gasteiger partial charge < -0.3 is 9.40 Å². The van der Waals surface area contributed by atoms with Crippen molar-refractivity contribution in [2.75, 3.05) is 0 Å². The number of aromatic nitrogens is 1. The summed E-state index contributed by atoms with van der Waals surface area (Å²) in [6.45, 7) is 15.4. The molecule has 1 atom stereocenters. The average molecular weight is 273 g/mol. The van der Waals surface area contributed by atoms with Crippen LogP contribution in [0.1, 0.15) is 72.0 Å². The Balaban J connectivity index is 2.29. The van der Waals surface area contributed by atoms with Crippen molar-refractivity contribution in [2.24, 2.45) is 0 Å². The minimum atomic E-state index is 0.477. The predicted octanol–water partition coefficient (Wildman–Crippen LogP) is 5.31. The quantitative estimate of drug-likeness (QED) is 0.803. The van der Waals surface area contributed by atoms with E-state index in [0.29, 0.717) is 11.8 Å². The highest BCUT2D eigenvalue weighted by atomic mass is 16.3. The van der Waals surface area contributed by atoms with Gasteiger partial charge in [-0.15, -0.1) is 0 Å². The third-order valence-electron chi connectivity index (χ3n) is 4.40. The summed E-state index contributed by atoms with van der Waals surface area (Å²) >= 11 is 0. The fraction of sp³-hybridized carbons (Fsp3) is 0.556. The zero-order valence-corrected chi connectivity index (χ0v) is 13.8. The molecule has 1 unspecified atom stereocenters. The molecule has 0 aliphatic carbocycles. The van der Waals surface area contributed by atoms with E-state index in [2.05, 4.69) is 53.5 Å². The van der Waals surface area contributed by atoms with Crippen molar-refractivity contribution < 1.29 is 4.42 Å². The first-order valence-electron chi connectivity index (χ1n) is 7.55. The molecule has 2 heterocycles. The van der Waals surface area contributed by atoms with E-state index in [9.17, 15) is 0 Å². The molecule has 0 aromatic carbocycles. The summed E-state index contributed by atoms with van der Waals surface area (Å²) in [6.07, 6.45) is 2.91. The van der Waals surface area contributed by atoms with Crippen LogP contribution in [-0.2, 0) is 6.42 Å². The Labute approximate surface area is 122 Å². The van der Waals surface area contributed by atoms with Crippen molar-refractivity contribution in [3.63, 3.8) is 0 Å². The Bertz CT molecular complexity index is 582. The lowest BCUT2D eigenvalue weighted by Crippen LogP contribution is -2.02. The predicted molar refractivity (Wildman–Crippen MR) is 84.7 cm³/mol. The zero-order valence-electron chi connectivity index (χ0n) is 13.8. The number of H-pyrrole nitrogens is 1. The monoisotopic (exact) mass is 273 g/mol. The normalized spacial score (nSPS) is 13.2. The van der Waals surface area contributed by atoms with Crippen LogP contribution in [0.3, 0.4) is 0 Å². The van der Waals surface area contributed by atoms with Crippen LogP contribution in [0.25, 0.3) is 0 Å². The molecule has 2 aromatic heterocycles. The summed E-state index contributed by atoms with van der Waals surface area (Å²) in [5.41, 5.74) is 8.23. The molecule has 2 aromatic rings. The second-order valence-corrected chi connectivity index (χ2v) is 6.42. The van der Waals surface area contributed by atoms with E-state index in [1.807, 2.05) is 6.26 Å². The molecule has 2 heteroatoms. The number of hydrogen-bond acceptors (Lipinski definition) is 1. The first-order valence-corrected chi connectivity index (χ1v) is 7.55. The van der Waals surface area contributed by atoms with Crippen LogP contribution in [0.2, 0.25) is 0 Å². The molecule has 0 amide bonds. The van der Waals surface area contributed by atoms with E-state index in [4.69, 9.17) is 4.42 Å². The summed E-state index contributed by atoms with van der Waals surface area (Å²) in [7, 11) is 0. The lowest BCUT2D eigenvalue weighted by Gasteiger charge is -2.12. The number of hydrogen-bond donors (Lipinski definition) is 1. The smallest absolute Gasteiger partial charge is 0.104 e. The van der Waals surface area contributed by atoms with Gasteiger partial charge in [-0.05, 0) is 68.2 Å². The maximum absolute atomic E-state index is 5.54. The molecule has 0 spiro atoms. The number of furan rings is 1. The van der Waals surface area contributed by atoms with Gasteiger partial charge in [-0.25, -0.2) is 0 Å². The van der Waals surface area contributed by atoms with Gasteiger partial charge in [0, 0.05) is 11.4 Å². The molecule has 0 saturated carbocycles. The molecular weight excluding hydrogens is 246 g/mol. The van der Waals surface area contributed by atoms with Gasteiger partial charge in [0.25, 0.3) is 0 Å². The highest BCUT2D eigenvalue weighted by Crippen LogP contribution is 2.31. The van der Waals surface area contributed by atoms with Gasteiger partial charge in [0.05, 0.1) is 6.26 Å². The third kappa shape index (κ3) is 2.56. The third-order valence-corrected chi connectivity index (χ3v) is 4.40. The Morgan fingerprint density at radius 2 is 1.70 bits per heavy atom. The summed E-state index contributed by atoms with van der Waals surface area (Å²) in [6, 6.07) is 0. The van der Waals surface area contributed by atoms with Crippen molar-refractivity contribution in [1.29, 1.82) is 0 Å². The van der Waals surface area contributed by atoms with Crippen LogP contribution in [0.4, 0.5) is 0 Å². The number of aryl methyl sites for hydroxylation is 3. The summed E-state index contributed by atoms with van der Waals surface area (Å²) < 4.78 is 5.54. The summed E-state index contributed by atoms with van der Waals surface area (Å²) in [5.74, 6) is 2.11. The van der Waals surface area contributed by atoms with Gasteiger partial charge in [-0.3, -0.25) is 0 Å². The first-order chi connectivity index (χ1) is 9.32. The van der Waals surface area contributed by atoms with E-state index >= 15 is 0 Å². The summed E-state index contributed by atoms with van der Waals surface area (Å²) in [5, 5.41) is 0. The first kappa shape index (κ1) is 15.0. The molecule has 0 aliphatic heterocycles. The molecule has 0 radical (unpaired) electrons. The van der Waals surface area contributed by atoms with Crippen LogP contribution >= 0.6 is 0 Å². The molecule has 0 saturated heterocycles. The molecule has 0 bridgehead atoms. The second kappa shape index (κ2) is 5.51. The van der Waals surface area contributed by atoms with Crippen LogP contribution in [0, 0.1) is 27.7 Å². The maximum atomic E-state index is 5.54. The van der Waals surface area contributed by atoms with Crippen LogP contribution < -0.4 is 0 Å². The fourth-order valence-electron chi connectivity index (χ4n) is 3.63. The molecule has 0 fully saturated rings. The van der Waals surface area contributed by atoms with Crippen molar-refractivity contribution in [3.05, 3.63) is 45.7 Å². The van der Waals surface area contributed by atoms with E-state index < -0.39 is 0 Å². The Hall–Kier alpha value is -1.44. The van der Waals surface area contributed by atoms with E-state index in [-0.39, 0.29) is 0 Å². The number of nitrogens with one attached hydrogen (secondary N) is 1. The number of aromatic amines is 1. The van der Waals surface area contributed by atoms with E-state index in [1.54, 1.807) is 0 Å². The maximum Gasteiger partial charge on any atom is 0.104 e. The van der Waals surface area contributed by atoms with Crippen molar-refractivity contribution in [2.45, 2.75) is 66.7 Å². The largest absolute Gasteiger partial charge is 0.469 e. The molecule has 110 valence electrons. The molecule has 20 heavy (non-hydrogen) atoms. The minimum absolute atomic E-state index is 0.477. The zero-order chi connectivity index (χ0) is 15.0. The molecule has 2 rings (SSSR count). The summed E-state index contributed by atoms with van der Waals surface area (Å²) in [4.78, 5) is 3.60. The van der Waals surface area contributed by atoms with Crippen LogP contribution in [-0.4, -0.2) is 4.98 Å². The van der Waals surface area contributed by atoms with E-state index in [0.717, 1.165) is 12.2 Å².